The molecule has 128 heavy (non-hydrogen) atoms. The predicted molar refractivity (Wildman–Crippen MR) is 561 cm³/mol. The van der Waals surface area contributed by atoms with Gasteiger partial charge in [0.1, 0.15) is 0 Å². The molecule has 20 heteroatoms. The van der Waals surface area contributed by atoms with Crippen LogP contribution in [0.5, 0.6) is 0 Å². The van der Waals surface area contributed by atoms with E-state index in [1.54, 1.807) is 0 Å². The first-order chi connectivity index (χ1) is 56.2. The number of hydrogen-bond acceptors (Lipinski definition) is 9. The van der Waals surface area contributed by atoms with Gasteiger partial charge in [0, 0.05) is 26.2 Å². The van der Waals surface area contributed by atoms with Crippen LogP contribution in [-0.2, 0) is 113 Å². The van der Waals surface area contributed by atoms with Gasteiger partial charge in [0.05, 0.1) is 25.4 Å². The van der Waals surface area contributed by atoms with E-state index in [1.165, 1.54) is 190 Å². The number of ether oxygens (including phenoxy) is 2. The Bertz CT molecular complexity index is 3450. The van der Waals surface area contributed by atoms with Crippen LogP contribution in [0.2, 0.25) is 56.4 Å². The normalized spacial score (nSPS) is 24.5. The van der Waals surface area contributed by atoms with Crippen LogP contribution in [0.4, 0.5) is 22.7 Å². The van der Waals surface area contributed by atoms with E-state index >= 15 is 0 Å². The van der Waals surface area contributed by atoms with Crippen LogP contribution >= 0.6 is 0 Å². The Morgan fingerprint density at radius 3 is 1.20 bits per heavy atom. The van der Waals surface area contributed by atoms with Crippen molar-refractivity contribution in [3.05, 3.63) is 222 Å². The molecule has 13 atom stereocenters. The number of nitrogens with zero attached hydrogens (tertiary/aromatic N) is 11. The zero-order chi connectivity index (χ0) is 88.6. The number of allylic oxidation sites excluding steroid dienone is 4. The smallest absolute Gasteiger partial charge is 0.660 e. The molecule has 0 spiro atoms. The van der Waals surface area contributed by atoms with Gasteiger partial charge in [-0.05, 0) is 220 Å². The second-order valence-corrected chi connectivity index (χ2v) is 57.2. The molecule has 0 aromatic heterocycles. The molecule has 0 bridgehead atoms. The Morgan fingerprint density at radius 1 is 0.406 bits per heavy atom. The molecule has 5 saturated carbocycles. The molecule has 712 valence electrons. The van der Waals surface area contributed by atoms with E-state index in [-0.39, 0.29) is 155 Å². The van der Waals surface area contributed by atoms with Gasteiger partial charge >= 0.3 is 103 Å². The minimum absolute atomic E-state index is 0. The first-order valence-electron chi connectivity index (χ1n) is 47.2. The molecule has 4 aliphatic heterocycles. The number of anilines is 4. The van der Waals surface area contributed by atoms with Gasteiger partial charge in [-0.25, -0.2) is 0 Å². The summed E-state index contributed by atoms with van der Waals surface area (Å²) >= 11 is 0. The van der Waals surface area contributed by atoms with Gasteiger partial charge in [-0.2, -0.15) is 80.4 Å². The van der Waals surface area contributed by atoms with Gasteiger partial charge in [-0.1, -0.05) is 278 Å². The van der Waals surface area contributed by atoms with Crippen molar-refractivity contribution in [2.75, 3.05) is 141 Å². The molecule has 4 saturated heterocycles. The van der Waals surface area contributed by atoms with Gasteiger partial charge in [0.2, 0.25) is 0 Å². The molecular weight excluding hydrogens is 1750 g/mol. The third-order valence-corrected chi connectivity index (χ3v) is 36.9. The van der Waals surface area contributed by atoms with Gasteiger partial charge in [0.15, 0.2) is 0 Å². The molecule has 13 unspecified atom stereocenters. The van der Waals surface area contributed by atoms with Crippen LogP contribution in [-0.4, -0.2) is 213 Å². The minimum atomic E-state index is -1.58. The van der Waals surface area contributed by atoms with Crippen LogP contribution in [0.1, 0.15) is 221 Å². The fraction of sp³-hybridized carbons (Fsp3) is 0.667. The van der Waals surface area contributed by atoms with E-state index in [4.69, 9.17) is 30.1 Å². The number of rotatable bonds is 18. The van der Waals surface area contributed by atoms with Crippen LogP contribution in [0.3, 0.4) is 0 Å². The van der Waals surface area contributed by atoms with E-state index in [0.717, 1.165) is 94.8 Å². The average molecular weight is 1940 g/mol. The molecule has 9 fully saturated rings. The van der Waals surface area contributed by atoms with Gasteiger partial charge in [0.25, 0.3) is 0 Å². The Morgan fingerprint density at radius 2 is 0.797 bits per heavy atom. The topological polar surface area (TPSA) is 97.5 Å². The van der Waals surface area contributed by atoms with E-state index in [9.17, 15) is 0 Å². The summed E-state index contributed by atoms with van der Waals surface area (Å²) in [6.45, 7) is 68.0. The molecule has 4 heterocycles. The number of benzene rings is 4. The summed E-state index contributed by atoms with van der Waals surface area (Å²) in [5.41, 5.74) is 11.4. The van der Waals surface area contributed by atoms with Gasteiger partial charge in [-0.3, -0.25) is 4.90 Å². The molecular formula is C108H189N11O2Sc4Si3. The fourth-order valence-corrected chi connectivity index (χ4v) is 32.9. The molecule has 0 amide bonds. The van der Waals surface area contributed by atoms with Crippen LogP contribution < -0.4 is 19.6 Å². The third kappa shape index (κ3) is 43.5. The maximum Gasteiger partial charge on any atom is 3.00 e. The summed E-state index contributed by atoms with van der Waals surface area (Å²) in [7, 11) is 11.8. The van der Waals surface area contributed by atoms with E-state index in [2.05, 4.69) is 233 Å². The zero-order valence-electron chi connectivity index (χ0n) is 87.9. The molecule has 10 aliphatic rings. The Labute approximate surface area is 872 Å². The van der Waals surface area contributed by atoms with Crippen LogP contribution in [0.25, 0.3) is 20.6 Å². The van der Waals surface area contributed by atoms with Crippen LogP contribution in [0.15, 0.2) is 121 Å². The molecule has 4 aromatic rings. The standard InChI is InChI=1S/C20H39N2Si.C18H35N2O2Si.C15H29N2.C15H26NSi.4C9H12N.4CH3.4Sc/c1-20(2,3)21-15-23(4,5)19-14-18(22-12-8-9-13-22)16-10-6-7-11-17(16)19;1-18(2,3)19-23(4,5)13-14-12-15(20-8-6-7-9-20)17-16(14)21-10-11-22-17;1-15(2,3)16-9-8-13-6-7-14(12-13)17-10-4-5-11-17;1-15(2,3)16-17(4,5)14-11-10-12-8-6-7-9-13(12)14;4*1-8-6-4-5-7-9(8)10(2)3;;;;;;;;/h16-19H,6-15H2,1-5H3;14-17H,6-13H2,1-5H3;13-14H,4-12H2,1-3H3;6-9,12-14H,10-11H2,1-5H3;4*4-7H,1H2,2-3H3;4*1H3;;;;/q12*-1;4*+3. The summed E-state index contributed by atoms with van der Waals surface area (Å²) in [5.74, 6) is 5.20. The zero-order valence-corrected chi connectivity index (χ0v) is 98.1. The number of hydrogen-bond donors (Lipinski definition) is 0. The SMILES string of the molecule is CC(C)(C)[N-]CCC1CCC(N2CCCC2)C1.CC(C)(C)[N-]C[Si](C)(C)C1CC(N2CCCC2)C2CCCCC21.CC(C)(C)[N-][Si](C)(C)C1CCC2C=CC=CC21.CC(C)(C)[N-][Si](C)(C)CC1CC(N2CCCC2)C2OCCOC12.[CH2-]c1ccccc1N(C)C.[CH2-]c1ccccc1N(C)C.[CH2-]c1ccccc1N(C)C.[CH2-]c1ccccc1N(C)C.[CH3-].[CH3-].[CH3-].[CH3-].[Sc+3].[Sc+3].[Sc+3].[Sc+3]. The maximum absolute atomic E-state index is 6.21. The molecule has 4 aromatic carbocycles. The number of para-hydroxylation sites is 4. The summed E-state index contributed by atoms with van der Waals surface area (Å²) in [5, 5.41) is 9.81. The maximum atomic E-state index is 6.21. The van der Waals surface area contributed by atoms with Crippen molar-refractivity contribution >= 4 is 47.3 Å². The summed E-state index contributed by atoms with van der Waals surface area (Å²) in [4.78, 5) is 26.9. The van der Waals surface area contributed by atoms with Crippen molar-refractivity contribution < 1.29 is 113 Å². The average Bonchev–Trinajstić information content (AvgIpc) is 1.58. The number of likely N-dealkylation sites (tertiary alicyclic amines) is 3. The second-order valence-electron chi connectivity index (χ2n) is 43.7. The van der Waals surface area contributed by atoms with Crippen molar-refractivity contribution in [3.63, 3.8) is 0 Å². The number of fused-ring (bicyclic) bond motifs is 3. The Balaban J connectivity index is 0. The van der Waals surface area contributed by atoms with Crippen molar-refractivity contribution in [1.82, 2.24) is 14.7 Å². The molecule has 0 N–H and O–H groups in total. The van der Waals surface area contributed by atoms with Crippen molar-refractivity contribution in [2.45, 2.75) is 308 Å². The van der Waals surface area contributed by atoms with Gasteiger partial charge < -0.3 is 89.2 Å². The predicted octanol–water partition coefficient (Wildman–Crippen LogP) is 27.3. The van der Waals surface area contributed by atoms with Crippen molar-refractivity contribution in [3.8, 4) is 0 Å². The van der Waals surface area contributed by atoms with Crippen LogP contribution in [0, 0.1) is 92.9 Å². The quantitative estimate of drug-likeness (QED) is 0.0713. The van der Waals surface area contributed by atoms with Gasteiger partial charge in [-0.15, -0.1) is 53.0 Å². The summed E-state index contributed by atoms with van der Waals surface area (Å²) in [6.07, 6.45) is 36.7. The largest absolute Gasteiger partial charge is 3.00 e. The summed E-state index contributed by atoms with van der Waals surface area (Å²) in [6, 6.07) is 36.0. The van der Waals surface area contributed by atoms with E-state index < -0.39 is 24.5 Å². The van der Waals surface area contributed by atoms with E-state index in [0.29, 0.717) is 24.2 Å². The monoisotopic (exact) mass is 1940 g/mol. The fourth-order valence-electron chi connectivity index (χ4n) is 21.7. The van der Waals surface area contributed by atoms with Crippen molar-refractivity contribution in [2.24, 2.45) is 35.5 Å². The van der Waals surface area contributed by atoms with E-state index in [1.807, 2.05) is 129 Å². The Kier molecular flexibility index (Phi) is 61.0. The molecule has 13 nitrogen and oxygen atoms in total. The molecule has 0 radical (unpaired) electrons. The third-order valence-electron chi connectivity index (χ3n) is 26.7. The molecule has 14 rings (SSSR count). The first-order valence-corrected chi connectivity index (χ1v) is 56.7. The molecule has 6 aliphatic carbocycles. The first kappa shape index (κ1) is 129. The second kappa shape index (κ2) is 60.6. The van der Waals surface area contributed by atoms with Crippen molar-refractivity contribution in [1.29, 1.82) is 0 Å². The minimum Gasteiger partial charge on any atom is -0.660 e. The summed E-state index contributed by atoms with van der Waals surface area (Å²) < 4.78 is 12.4. The Hall–Kier alpha value is -1.19.